The number of hydrogen-bond acceptors (Lipinski definition) is 4. The standard InChI is InChI=1S/C22H26N2O4S/c1-22(2)15-19(18-10-3-4-11-20(18)28-22)23-21(25)16-8-7-9-17(14-16)29(26,27)24-12-5-6-13-24/h3-4,7-11,14,19H,5-6,12-13,15H2,1-2H3,(H,23,25)/t19-/m1/s1. The number of hydrogen-bond donors (Lipinski definition) is 1. The molecule has 0 spiro atoms. The van der Waals surface area contributed by atoms with Crippen LogP contribution in [0.1, 0.15) is 55.1 Å². The maximum atomic E-state index is 13.0. The SMILES string of the molecule is CC1(C)C[C@@H](NC(=O)c2cccc(S(=O)(=O)N3CCCC3)c2)c2ccccc2O1. The lowest BCUT2D eigenvalue weighted by Gasteiger charge is -2.37. The first kappa shape index (κ1) is 19.9. The molecular weight excluding hydrogens is 388 g/mol. The first-order valence-electron chi connectivity index (χ1n) is 9.95. The van der Waals surface area contributed by atoms with Gasteiger partial charge in [0.1, 0.15) is 11.4 Å². The van der Waals surface area contributed by atoms with Gasteiger partial charge in [0.15, 0.2) is 0 Å². The van der Waals surface area contributed by atoms with E-state index in [9.17, 15) is 13.2 Å². The smallest absolute Gasteiger partial charge is 0.251 e. The maximum absolute atomic E-state index is 13.0. The van der Waals surface area contributed by atoms with Crippen LogP contribution in [-0.2, 0) is 10.0 Å². The molecule has 7 heteroatoms. The molecule has 1 saturated heterocycles. The lowest BCUT2D eigenvalue weighted by molar-refractivity contribution is 0.0619. The Morgan fingerprint density at radius 1 is 1.10 bits per heavy atom. The van der Waals surface area contributed by atoms with E-state index in [0.717, 1.165) is 24.2 Å². The molecule has 2 aromatic carbocycles. The van der Waals surface area contributed by atoms with E-state index in [1.54, 1.807) is 18.2 Å². The van der Waals surface area contributed by atoms with Crippen LogP contribution in [0.15, 0.2) is 53.4 Å². The number of fused-ring (bicyclic) bond motifs is 1. The van der Waals surface area contributed by atoms with E-state index in [0.29, 0.717) is 25.1 Å². The van der Waals surface area contributed by atoms with E-state index in [1.807, 2.05) is 38.1 Å². The lowest BCUT2D eigenvalue weighted by Crippen LogP contribution is -2.41. The van der Waals surface area contributed by atoms with Crippen LogP contribution in [0.2, 0.25) is 0 Å². The van der Waals surface area contributed by atoms with Crippen LogP contribution in [0, 0.1) is 0 Å². The van der Waals surface area contributed by atoms with Gasteiger partial charge in [0.25, 0.3) is 5.91 Å². The molecule has 0 aromatic heterocycles. The molecule has 154 valence electrons. The van der Waals surface area contributed by atoms with Crippen LogP contribution < -0.4 is 10.1 Å². The van der Waals surface area contributed by atoms with Crippen LogP contribution in [0.4, 0.5) is 0 Å². The Morgan fingerprint density at radius 2 is 1.83 bits per heavy atom. The highest BCUT2D eigenvalue weighted by Crippen LogP contribution is 2.39. The predicted octanol–water partition coefficient (Wildman–Crippen LogP) is 3.50. The highest BCUT2D eigenvalue weighted by molar-refractivity contribution is 7.89. The summed E-state index contributed by atoms with van der Waals surface area (Å²) in [6, 6.07) is 13.8. The van der Waals surface area contributed by atoms with E-state index in [1.165, 1.54) is 10.4 Å². The Balaban J connectivity index is 1.58. The summed E-state index contributed by atoms with van der Waals surface area (Å²) in [5.41, 5.74) is 0.862. The Labute approximate surface area is 171 Å². The van der Waals surface area contributed by atoms with Gasteiger partial charge in [-0.05, 0) is 51.0 Å². The third-order valence-corrected chi connectivity index (χ3v) is 7.38. The second-order valence-electron chi connectivity index (χ2n) is 8.27. The minimum Gasteiger partial charge on any atom is -0.487 e. The normalized spacial score (nSPS) is 21.2. The molecule has 0 bridgehead atoms. The molecule has 1 N–H and O–H groups in total. The van der Waals surface area contributed by atoms with Crippen molar-refractivity contribution in [1.82, 2.24) is 9.62 Å². The fourth-order valence-electron chi connectivity index (χ4n) is 4.05. The average molecular weight is 415 g/mol. The van der Waals surface area contributed by atoms with Crippen molar-refractivity contribution < 1.29 is 17.9 Å². The van der Waals surface area contributed by atoms with Gasteiger partial charge in [-0.3, -0.25) is 4.79 Å². The van der Waals surface area contributed by atoms with E-state index in [4.69, 9.17) is 4.74 Å². The summed E-state index contributed by atoms with van der Waals surface area (Å²) >= 11 is 0. The van der Waals surface area contributed by atoms with Crippen molar-refractivity contribution in [1.29, 1.82) is 0 Å². The molecule has 1 atom stereocenters. The number of nitrogens with one attached hydrogen (secondary N) is 1. The summed E-state index contributed by atoms with van der Waals surface area (Å²) in [7, 11) is -3.56. The van der Waals surface area contributed by atoms with Crippen LogP contribution in [0.25, 0.3) is 0 Å². The lowest BCUT2D eigenvalue weighted by atomic mass is 9.89. The Bertz CT molecular complexity index is 1030. The Hall–Kier alpha value is -2.38. The number of rotatable bonds is 4. The third-order valence-electron chi connectivity index (χ3n) is 5.48. The summed E-state index contributed by atoms with van der Waals surface area (Å²) in [5.74, 6) is 0.473. The van der Waals surface area contributed by atoms with Gasteiger partial charge >= 0.3 is 0 Å². The number of ether oxygens (including phenoxy) is 1. The minimum atomic E-state index is -3.56. The van der Waals surface area contributed by atoms with E-state index >= 15 is 0 Å². The van der Waals surface area contributed by atoms with Crippen molar-refractivity contribution in [3.63, 3.8) is 0 Å². The first-order valence-corrected chi connectivity index (χ1v) is 11.4. The Kier molecular flexibility index (Phi) is 5.12. The quantitative estimate of drug-likeness (QED) is 0.831. The predicted molar refractivity (Wildman–Crippen MR) is 110 cm³/mol. The number of sulfonamides is 1. The number of benzene rings is 2. The fraction of sp³-hybridized carbons (Fsp3) is 0.409. The second kappa shape index (κ2) is 7.46. The average Bonchev–Trinajstić information content (AvgIpc) is 3.23. The van der Waals surface area contributed by atoms with Gasteiger partial charge in [-0.2, -0.15) is 4.31 Å². The number of amides is 1. The summed E-state index contributed by atoms with van der Waals surface area (Å²) in [4.78, 5) is 13.1. The third kappa shape index (κ3) is 4.02. The topological polar surface area (TPSA) is 75.7 Å². The molecule has 0 radical (unpaired) electrons. The molecule has 2 aliphatic heterocycles. The molecule has 4 rings (SSSR count). The molecule has 1 amide bonds. The number of nitrogens with zero attached hydrogens (tertiary/aromatic N) is 1. The van der Waals surface area contributed by atoms with E-state index in [2.05, 4.69) is 5.32 Å². The summed E-state index contributed by atoms with van der Waals surface area (Å²) in [6.45, 7) is 5.05. The summed E-state index contributed by atoms with van der Waals surface area (Å²) in [5, 5.41) is 3.07. The fourth-order valence-corrected chi connectivity index (χ4v) is 5.61. The van der Waals surface area contributed by atoms with Gasteiger partial charge < -0.3 is 10.1 Å². The minimum absolute atomic E-state index is 0.166. The zero-order chi connectivity index (χ0) is 20.6. The zero-order valence-electron chi connectivity index (χ0n) is 16.7. The van der Waals surface area contributed by atoms with E-state index < -0.39 is 15.6 Å². The van der Waals surface area contributed by atoms with Crippen molar-refractivity contribution in [3.8, 4) is 5.75 Å². The van der Waals surface area contributed by atoms with Crippen molar-refractivity contribution in [2.24, 2.45) is 0 Å². The summed E-state index contributed by atoms with van der Waals surface area (Å²) < 4.78 is 33.2. The molecule has 6 nitrogen and oxygen atoms in total. The Morgan fingerprint density at radius 3 is 2.59 bits per heavy atom. The number of para-hydroxylation sites is 1. The number of carbonyl (C=O) groups excluding carboxylic acids is 1. The molecule has 1 fully saturated rings. The number of carbonyl (C=O) groups is 1. The second-order valence-corrected chi connectivity index (χ2v) is 10.2. The molecule has 0 aliphatic carbocycles. The monoisotopic (exact) mass is 414 g/mol. The van der Waals surface area contributed by atoms with Crippen molar-refractivity contribution in [2.75, 3.05) is 13.1 Å². The van der Waals surface area contributed by atoms with Gasteiger partial charge in [0, 0.05) is 30.6 Å². The van der Waals surface area contributed by atoms with Gasteiger partial charge in [-0.25, -0.2) is 8.42 Å². The zero-order valence-corrected chi connectivity index (χ0v) is 17.5. The van der Waals surface area contributed by atoms with Crippen LogP contribution in [0.5, 0.6) is 5.75 Å². The van der Waals surface area contributed by atoms with Crippen molar-refractivity contribution >= 4 is 15.9 Å². The highest BCUT2D eigenvalue weighted by atomic mass is 32.2. The van der Waals surface area contributed by atoms with Crippen molar-refractivity contribution in [3.05, 3.63) is 59.7 Å². The van der Waals surface area contributed by atoms with Gasteiger partial charge in [0.05, 0.1) is 10.9 Å². The first-order chi connectivity index (χ1) is 13.8. The van der Waals surface area contributed by atoms with Crippen LogP contribution >= 0.6 is 0 Å². The van der Waals surface area contributed by atoms with Crippen LogP contribution in [-0.4, -0.2) is 37.3 Å². The van der Waals surface area contributed by atoms with Gasteiger partial charge in [-0.1, -0.05) is 24.3 Å². The summed E-state index contributed by atoms with van der Waals surface area (Å²) in [6.07, 6.45) is 2.37. The van der Waals surface area contributed by atoms with Crippen LogP contribution in [0.3, 0.4) is 0 Å². The molecule has 0 saturated carbocycles. The van der Waals surface area contributed by atoms with Crippen molar-refractivity contribution in [2.45, 2.75) is 49.6 Å². The molecule has 2 aliphatic rings. The van der Waals surface area contributed by atoms with Gasteiger partial charge in [-0.15, -0.1) is 0 Å². The van der Waals surface area contributed by atoms with Gasteiger partial charge in [0.2, 0.25) is 10.0 Å². The maximum Gasteiger partial charge on any atom is 0.251 e. The largest absolute Gasteiger partial charge is 0.487 e. The molecule has 0 unspecified atom stereocenters. The molecular formula is C22H26N2O4S. The molecule has 2 heterocycles. The molecule has 2 aromatic rings. The van der Waals surface area contributed by atoms with E-state index in [-0.39, 0.29) is 16.8 Å². The molecule has 29 heavy (non-hydrogen) atoms. The highest BCUT2D eigenvalue weighted by Gasteiger charge is 2.34.